The smallest absolute Gasteiger partial charge is 0.153 e. The number of anilines is 2. The Hall–Kier alpha value is -3.85. The van der Waals surface area contributed by atoms with Crippen molar-refractivity contribution in [1.29, 1.82) is 0 Å². The van der Waals surface area contributed by atoms with Gasteiger partial charge in [-0.05, 0) is 64.0 Å². The van der Waals surface area contributed by atoms with E-state index in [1.165, 1.54) is 21.5 Å². The van der Waals surface area contributed by atoms with Crippen molar-refractivity contribution >= 4 is 55.0 Å². The van der Waals surface area contributed by atoms with Crippen LogP contribution in [0.5, 0.6) is 0 Å². The van der Waals surface area contributed by atoms with Crippen molar-refractivity contribution in [2.45, 2.75) is 0 Å². The second-order valence-electron chi connectivity index (χ2n) is 7.01. The minimum Gasteiger partial charge on any atom is -0.454 e. The highest BCUT2D eigenvalue weighted by atomic mass is 16.3. The molecule has 4 aromatic carbocycles. The average molecular weight is 360 g/mol. The lowest BCUT2D eigenvalue weighted by molar-refractivity contribution is 0.668. The van der Waals surface area contributed by atoms with E-state index in [1.54, 1.807) is 6.20 Å². The third-order valence-electron chi connectivity index (χ3n) is 5.26. The largest absolute Gasteiger partial charge is 0.454 e. The Morgan fingerprint density at radius 3 is 2.29 bits per heavy atom. The molecule has 3 nitrogen and oxygen atoms in total. The first kappa shape index (κ1) is 15.2. The van der Waals surface area contributed by atoms with Crippen LogP contribution in [0, 0.1) is 0 Å². The number of pyridine rings is 1. The summed E-state index contributed by atoms with van der Waals surface area (Å²) in [5.41, 5.74) is 4.63. The Bertz CT molecular complexity index is 1500. The van der Waals surface area contributed by atoms with Gasteiger partial charge >= 0.3 is 0 Å². The highest BCUT2D eigenvalue weighted by Crippen LogP contribution is 2.32. The highest BCUT2D eigenvalue weighted by molar-refractivity contribution is 6.09. The number of hydrogen-bond donors (Lipinski definition) is 1. The van der Waals surface area contributed by atoms with E-state index >= 15 is 0 Å². The number of nitrogens with zero attached hydrogens (tertiary/aromatic N) is 1. The van der Waals surface area contributed by atoms with Gasteiger partial charge in [-0.15, -0.1) is 0 Å². The van der Waals surface area contributed by atoms with Crippen LogP contribution < -0.4 is 5.32 Å². The van der Waals surface area contributed by atoms with E-state index in [-0.39, 0.29) is 0 Å². The van der Waals surface area contributed by atoms with Crippen LogP contribution in [0.1, 0.15) is 0 Å². The van der Waals surface area contributed by atoms with Crippen LogP contribution in [0.4, 0.5) is 11.4 Å². The number of nitrogens with one attached hydrogen (secondary N) is 1. The summed E-state index contributed by atoms with van der Waals surface area (Å²) in [6.45, 7) is 0. The third kappa shape index (κ3) is 2.33. The van der Waals surface area contributed by atoms with Crippen molar-refractivity contribution < 1.29 is 4.42 Å². The van der Waals surface area contributed by atoms with E-state index < -0.39 is 0 Å². The summed E-state index contributed by atoms with van der Waals surface area (Å²) in [4.78, 5) is 4.47. The van der Waals surface area contributed by atoms with Gasteiger partial charge in [-0.1, -0.05) is 42.5 Å². The Balaban J connectivity index is 1.47. The van der Waals surface area contributed by atoms with E-state index in [0.717, 1.165) is 33.4 Å². The van der Waals surface area contributed by atoms with E-state index in [4.69, 9.17) is 4.42 Å². The predicted molar refractivity (Wildman–Crippen MR) is 116 cm³/mol. The molecule has 0 aliphatic carbocycles. The lowest BCUT2D eigenvalue weighted by atomic mass is 10.0. The van der Waals surface area contributed by atoms with Crippen LogP contribution in [-0.2, 0) is 0 Å². The Labute approximate surface area is 161 Å². The zero-order valence-corrected chi connectivity index (χ0v) is 15.0. The molecule has 0 radical (unpaired) electrons. The van der Waals surface area contributed by atoms with Crippen LogP contribution >= 0.6 is 0 Å². The van der Waals surface area contributed by atoms with E-state index in [1.807, 2.05) is 24.3 Å². The molecule has 0 aliphatic heterocycles. The standard InChI is InChI=1S/C25H16N2O/c1-2-5-20-16(4-1)7-8-17-9-10-18(14-21(17)20)27-19-11-12-23-22(15-19)25-24(28-23)6-3-13-26-25/h1-15,27H. The number of aromatic nitrogens is 1. The van der Waals surface area contributed by atoms with Crippen LogP contribution in [0.3, 0.4) is 0 Å². The lowest BCUT2D eigenvalue weighted by Gasteiger charge is -2.09. The van der Waals surface area contributed by atoms with Crippen LogP contribution in [-0.4, -0.2) is 4.98 Å². The Morgan fingerprint density at radius 2 is 1.36 bits per heavy atom. The lowest BCUT2D eigenvalue weighted by Crippen LogP contribution is -1.90. The van der Waals surface area contributed by atoms with Gasteiger partial charge in [0.25, 0.3) is 0 Å². The molecule has 3 heteroatoms. The van der Waals surface area contributed by atoms with Crippen molar-refractivity contribution in [2.75, 3.05) is 5.32 Å². The number of rotatable bonds is 2. The summed E-state index contributed by atoms with van der Waals surface area (Å²) in [6, 6.07) is 29.3. The summed E-state index contributed by atoms with van der Waals surface area (Å²) in [5, 5.41) is 9.57. The summed E-state index contributed by atoms with van der Waals surface area (Å²) in [6.07, 6.45) is 1.80. The molecule has 6 rings (SSSR count). The van der Waals surface area contributed by atoms with Gasteiger partial charge in [0, 0.05) is 23.0 Å². The van der Waals surface area contributed by atoms with Gasteiger partial charge in [-0.2, -0.15) is 0 Å². The van der Waals surface area contributed by atoms with Gasteiger partial charge in [-0.3, -0.25) is 4.98 Å². The first-order valence-corrected chi connectivity index (χ1v) is 9.31. The minimum absolute atomic E-state index is 0.812. The van der Waals surface area contributed by atoms with Crippen molar-refractivity contribution in [3.8, 4) is 0 Å². The average Bonchev–Trinajstić information content (AvgIpc) is 3.12. The fourth-order valence-electron chi connectivity index (χ4n) is 3.92. The third-order valence-corrected chi connectivity index (χ3v) is 5.26. The molecule has 2 aromatic heterocycles. The normalized spacial score (nSPS) is 11.6. The molecule has 6 aromatic rings. The van der Waals surface area contributed by atoms with Gasteiger partial charge < -0.3 is 9.73 Å². The van der Waals surface area contributed by atoms with Crippen molar-refractivity contribution in [1.82, 2.24) is 4.98 Å². The highest BCUT2D eigenvalue weighted by Gasteiger charge is 2.09. The second kappa shape index (κ2) is 5.83. The van der Waals surface area contributed by atoms with Gasteiger partial charge in [-0.25, -0.2) is 0 Å². The van der Waals surface area contributed by atoms with Crippen LogP contribution in [0.15, 0.2) is 95.5 Å². The molecule has 0 saturated heterocycles. The molecule has 2 heterocycles. The molecular weight excluding hydrogens is 344 g/mol. The molecule has 0 spiro atoms. The first-order chi connectivity index (χ1) is 13.8. The summed E-state index contributed by atoms with van der Waals surface area (Å²) in [5.74, 6) is 0. The second-order valence-corrected chi connectivity index (χ2v) is 7.01. The maximum absolute atomic E-state index is 5.87. The monoisotopic (exact) mass is 360 g/mol. The van der Waals surface area contributed by atoms with E-state index in [0.29, 0.717) is 0 Å². The quantitative estimate of drug-likeness (QED) is 0.337. The van der Waals surface area contributed by atoms with E-state index in [9.17, 15) is 0 Å². The SMILES string of the molecule is c1ccc2c(c1)ccc1ccc(Nc3ccc4oc5cccnc5c4c3)cc12. The molecule has 0 atom stereocenters. The molecule has 28 heavy (non-hydrogen) atoms. The number of furan rings is 1. The molecule has 0 fully saturated rings. The summed E-state index contributed by atoms with van der Waals surface area (Å²) in [7, 11) is 0. The first-order valence-electron chi connectivity index (χ1n) is 9.31. The molecule has 0 amide bonds. The zero-order valence-electron chi connectivity index (χ0n) is 15.0. The summed E-state index contributed by atoms with van der Waals surface area (Å²) < 4.78 is 5.87. The van der Waals surface area contributed by atoms with Crippen LogP contribution in [0.2, 0.25) is 0 Å². The molecule has 132 valence electrons. The van der Waals surface area contributed by atoms with Gasteiger partial charge in [0.05, 0.1) is 0 Å². The van der Waals surface area contributed by atoms with E-state index in [2.05, 4.69) is 71.0 Å². The fourth-order valence-corrected chi connectivity index (χ4v) is 3.92. The topological polar surface area (TPSA) is 38.1 Å². The number of fused-ring (bicyclic) bond motifs is 6. The fraction of sp³-hybridized carbons (Fsp3) is 0. The summed E-state index contributed by atoms with van der Waals surface area (Å²) >= 11 is 0. The van der Waals surface area contributed by atoms with Crippen LogP contribution in [0.25, 0.3) is 43.6 Å². The minimum atomic E-state index is 0.812. The van der Waals surface area contributed by atoms with Crippen molar-refractivity contribution in [2.24, 2.45) is 0 Å². The van der Waals surface area contributed by atoms with Gasteiger partial charge in [0.1, 0.15) is 11.1 Å². The van der Waals surface area contributed by atoms with Gasteiger partial charge in [0.15, 0.2) is 5.58 Å². The maximum Gasteiger partial charge on any atom is 0.153 e. The molecule has 0 bridgehead atoms. The Morgan fingerprint density at radius 1 is 0.607 bits per heavy atom. The van der Waals surface area contributed by atoms with Gasteiger partial charge in [0.2, 0.25) is 0 Å². The number of hydrogen-bond acceptors (Lipinski definition) is 3. The molecule has 0 unspecified atom stereocenters. The maximum atomic E-state index is 5.87. The van der Waals surface area contributed by atoms with Crippen molar-refractivity contribution in [3.05, 3.63) is 91.1 Å². The Kier molecular flexibility index (Phi) is 3.17. The van der Waals surface area contributed by atoms with Crippen molar-refractivity contribution in [3.63, 3.8) is 0 Å². The molecule has 0 aliphatic rings. The molecular formula is C25H16N2O. The molecule has 0 saturated carbocycles. The predicted octanol–water partition coefficient (Wildman–Crippen LogP) is 7.03. The number of benzene rings is 4. The zero-order chi connectivity index (χ0) is 18.5. The molecule has 1 N–H and O–H groups in total.